The molecule has 3 aliphatic rings. The second kappa shape index (κ2) is 9.62. The van der Waals surface area contributed by atoms with Crippen molar-refractivity contribution in [1.82, 2.24) is 0 Å². The molecule has 0 unspecified atom stereocenters. The Morgan fingerprint density at radius 3 is 2.14 bits per heavy atom. The van der Waals surface area contributed by atoms with Gasteiger partial charge in [-0.15, -0.1) is 0 Å². The normalized spacial score (nSPS) is 33.5. The Balaban J connectivity index is 1.90. The molecule has 0 saturated heterocycles. The van der Waals surface area contributed by atoms with Gasteiger partial charge in [-0.1, -0.05) is 56.4 Å². The minimum Gasteiger partial charge on any atom is -0.481 e. The number of hydrogen-bond donors (Lipinski definition) is 1. The number of aliphatic carboxylic acids is 1. The van der Waals surface area contributed by atoms with E-state index in [0.717, 1.165) is 51.4 Å². The molecule has 0 radical (unpaired) electrons. The molecule has 2 fully saturated rings. The van der Waals surface area contributed by atoms with Crippen molar-refractivity contribution in [3.63, 3.8) is 0 Å². The van der Waals surface area contributed by atoms with Gasteiger partial charge in [0.05, 0.1) is 18.1 Å². The van der Waals surface area contributed by atoms with E-state index in [2.05, 4.69) is 24.3 Å². The van der Waals surface area contributed by atoms with Gasteiger partial charge in [-0.3, -0.25) is 4.79 Å². The summed E-state index contributed by atoms with van der Waals surface area (Å²) in [5.41, 5.74) is -0.0575. The summed E-state index contributed by atoms with van der Waals surface area (Å²) in [6.07, 6.45) is 22.0. The molecule has 2 saturated carbocycles. The van der Waals surface area contributed by atoms with Crippen LogP contribution in [0.3, 0.4) is 0 Å². The van der Waals surface area contributed by atoms with Crippen molar-refractivity contribution in [2.45, 2.75) is 83.5 Å². The second-order valence-corrected chi connectivity index (χ2v) is 9.43. The van der Waals surface area contributed by atoms with Crippen LogP contribution in [-0.4, -0.2) is 11.1 Å². The van der Waals surface area contributed by atoms with Gasteiger partial charge in [0.15, 0.2) is 0 Å². The molecule has 0 spiro atoms. The van der Waals surface area contributed by atoms with Gasteiger partial charge < -0.3 is 5.11 Å². The van der Waals surface area contributed by atoms with Gasteiger partial charge in [0.25, 0.3) is 0 Å². The molecule has 3 rings (SSSR count). The molecule has 0 atom stereocenters. The largest absolute Gasteiger partial charge is 0.481 e. The van der Waals surface area contributed by atoms with Crippen LogP contribution in [0.15, 0.2) is 24.3 Å². The van der Waals surface area contributed by atoms with Crippen molar-refractivity contribution in [1.29, 1.82) is 10.5 Å². The number of allylic oxidation sites excluding steroid dienone is 2. The van der Waals surface area contributed by atoms with Gasteiger partial charge in [0, 0.05) is 18.3 Å². The quantitative estimate of drug-likeness (QED) is 0.524. The number of carboxylic acid groups (broad SMARTS) is 1. The molecule has 0 heterocycles. The summed E-state index contributed by atoms with van der Waals surface area (Å²) in [6, 6.07) is 4.67. The topological polar surface area (TPSA) is 84.9 Å². The van der Waals surface area contributed by atoms with Crippen LogP contribution in [0.25, 0.3) is 0 Å². The summed E-state index contributed by atoms with van der Waals surface area (Å²) in [4.78, 5) is 11.5. The van der Waals surface area contributed by atoms with Crippen LogP contribution in [0, 0.1) is 51.2 Å². The highest BCUT2D eigenvalue weighted by atomic mass is 16.4. The highest BCUT2D eigenvalue weighted by Crippen LogP contribution is 2.62. The van der Waals surface area contributed by atoms with Crippen molar-refractivity contribution in [2.24, 2.45) is 28.6 Å². The van der Waals surface area contributed by atoms with Crippen LogP contribution in [0.1, 0.15) is 83.5 Å². The first-order chi connectivity index (χ1) is 14.1. The van der Waals surface area contributed by atoms with E-state index in [1.165, 1.54) is 19.3 Å². The van der Waals surface area contributed by atoms with Gasteiger partial charge in [-0.25, -0.2) is 0 Å². The average molecular weight is 395 g/mol. The van der Waals surface area contributed by atoms with Crippen LogP contribution in [0.4, 0.5) is 0 Å². The number of rotatable bonds is 7. The molecule has 0 aliphatic heterocycles. The first kappa shape index (κ1) is 21.6. The summed E-state index contributed by atoms with van der Waals surface area (Å²) in [5.74, 6) is -0.180. The van der Waals surface area contributed by atoms with Crippen LogP contribution >= 0.6 is 0 Å². The minimum atomic E-state index is -0.791. The Hall–Kier alpha value is -2.07. The number of carbonyl (C=O) groups is 1. The van der Waals surface area contributed by atoms with Crippen molar-refractivity contribution < 1.29 is 9.90 Å². The SMILES string of the molecule is N#CCCC1CCC(C2(C3(CCC#N)CCCCC3)C=CC(C(=O)O)C=C2)CC1. The maximum atomic E-state index is 11.5. The molecule has 0 aromatic carbocycles. The predicted octanol–water partition coefficient (Wildman–Crippen LogP) is 6.16. The van der Waals surface area contributed by atoms with Gasteiger partial charge >= 0.3 is 5.97 Å². The van der Waals surface area contributed by atoms with Gasteiger partial charge in [-0.2, -0.15) is 10.5 Å². The Morgan fingerprint density at radius 2 is 1.59 bits per heavy atom. The molecule has 0 aromatic rings. The Bertz CT molecular complexity index is 696. The first-order valence-electron chi connectivity index (χ1n) is 11.4. The molecule has 0 bridgehead atoms. The zero-order chi connectivity index (χ0) is 20.7. The van der Waals surface area contributed by atoms with Gasteiger partial charge in [-0.05, 0) is 55.8 Å². The molecular weight excluding hydrogens is 360 g/mol. The Labute approximate surface area is 175 Å². The van der Waals surface area contributed by atoms with Crippen molar-refractivity contribution in [2.75, 3.05) is 0 Å². The predicted molar refractivity (Wildman–Crippen MR) is 112 cm³/mol. The van der Waals surface area contributed by atoms with E-state index in [9.17, 15) is 15.2 Å². The monoisotopic (exact) mass is 394 g/mol. The standard InChI is InChI=1S/C25H34N2O2/c26-18-4-6-20-7-9-22(10-8-20)25(16-11-21(12-17-25)23(28)29)24(15-5-19-27)13-2-1-3-14-24/h11-12,16-17,20-22H,1-10,13-15H2,(H,28,29). The molecule has 0 amide bonds. The molecule has 4 heteroatoms. The molecule has 3 aliphatic carbocycles. The fourth-order valence-corrected chi connectivity index (χ4v) is 6.49. The molecular formula is C25H34N2O2. The second-order valence-electron chi connectivity index (χ2n) is 9.43. The molecule has 1 N–H and O–H groups in total. The van der Waals surface area contributed by atoms with Crippen molar-refractivity contribution in [3.05, 3.63) is 24.3 Å². The lowest BCUT2D eigenvalue weighted by molar-refractivity contribution is -0.138. The number of carboxylic acids is 1. The van der Waals surface area contributed by atoms with Crippen molar-refractivity contribution >= 4 is 5.97 Å². The lowest BCUT2D eigenvalue weighted by Crippen LogP contribution is -2.48. The van der Waals surface area contributed by atoms with E-state index in [4.69, 9.17) is 5.26 Å². The van der Waals surface area contributed by atoms with E-state index < -0.39 is 11.9 Å². The average Bonchev–Trinajstić information content (AvgIpc) is 2.77. The first-order valence-corrected chi connectivity index (χ1v) is 11.4. The molecule has 4 nitrogen and oxygen atoms in total. The molecule has 0 aromatic heterocycles. The van der Waals surface area contributed by atoms with Crippen LogP contribution in [0.5, 0.6) is 0 Å². The highest BCUT2D eigenvalue weighted by molar-refractivity contribution is 5.75. The fourth-order valence-electron chi connectivity index (χ4n) is 6.49. The number of nitriles is 2. The van der Waals surface area contributed by atoms with Gasteiger partial charge in [0.1, 0.15) is 0 Å². The molecule has 29 heavy (non-hydrogen) atoms. The number of hydrogen-bond acceptors (Lipinski definition) is 3. The zero-order valence-corrected chi connectivity index (χ0v) is 17.5. The third kappa shape index (κ3) is 4.42. The maximum absolute atomic E-state index is 11.5. The van der Waals surface area contributed by atoms with E-state index in [1.807, 2.05) is 12.2 Å². The van der Waals surface area contributed by atoms with E-state index in [-0.39, 0.29) is 10.8 Å². The fraction of sp³-hybridized carbons (Fsp3) is 0.720. The summed E-state index contributed by atoms with van der Waals surface area (Å²) in [6.45, 7) is 0. The van der Waals surface area contributed by atoms with E-state index in [0.29, 0.717) is 24.7 Å². The lowest BCUT2D eigenvalue weighted by atomic mass is 9.47. The van der Waals surface area contributed by atoms with Crippen molar-refractivity contribution in [3.8, 4) is 12.1 Å². The lowest BCUT2D eigenvalue weighted by Gasteiger charge is -2.56. The van der Waals surface area contributed by atoms with Crippen LogP contribution in [0.2, 0.25) is 0 Å². The highest BCUT2D eigenvalue weighted by Gasteiger charge is 2.53. The number of nitrogens with zero attached hydrogens (tertiary/aromatic N) is 2. The van der Waals surface area contributed by atoms with Crippen LogP contribution < -0.4 is 0 Å². The Kier molecular flexibility index (Phi) is 7.18. The maximum Gasteiger partial charge on any atom is 0.314 e. The summed E-state index contributed by atoms with van der Waals surface area (Å²) >= 11 is 0. The smallest absolute Gasteiger partial charge is 0.314 e. The summed E-state index contributed by atoms with van der Waals surface area (Å²) in [5, 5.41) is 27.7. The summed E-state index contributed by atoms with van der Waals surface area (Å²) < 4.78 is 0. The Morgan fingerprint density at radius 1 is 0.966 bits per heavy atom. The zero-order valence-electron chi connectivity index (χ0n) is 17.5. The summed E-state index contributed by atoms with van der Waals surface area (Å²) in [7, 11) is 0. The molecule has 156 valence electrons. The minimum absolute atomic E-state index is 0.0710. The van der Waals surface area contributed by atoms with Crippen LogP contribution in [-0.2, 0) is 4.79 Å². The van der Waals surface area contributed by atoms with E-state index >= 15 is 0 Å². The van der Waals surface area contributed by atoms with E-state index in [1.54, 1.807) is 0 Å². The van der Waals surface area contributed by atoms with Gasteiger partial charge in [0.2, 0.25) is 0 Å². The third-order valence-electron chi connectivity index (χ3n) is 8.08. The third-order valence-corrected chi connectivity index (χ3v) is 8.08.